The minimum atomic E-state index is -0.535. The monoisotopic (exact) mass is 394 g/mol. The van der Waals surface area contributed by atoms with Crippen molar-refractivity contribution in [1.29, 1.82) is 5.26 Å². The number of hydrogen-bond acceptors (Lipinski definition) is 8. The number of rotatable bonds is 6. The third-order valence-corrected chi connectivity index (χ3v) is 4.74. The zero-order valence-corrected chi connectivity index (χ0v) is 15.8. The number of ether oxygens (including phenoxy) is 2. The molecule has 28 heavy (non-hydrogen) atoms. The number of aromatic nitrogens is 2. The van der Waals surface area contributed by atoms with Gasteiger partial charge >= 0.3 is 0 Å². The molecule has 2 heterocycles. The van der Waals surface area contributed by atoms with Crippen molar-refractivity contribution >= 4 is 28.7 Å². The predicted octanol–water partition coefficient (Wildman–Crippen LogP) is 4.19. The molecule has 0 unspecified atom stereocenters. The number of nitriles is 1. The van der Waals surface area contributed by atoms with Crippen LogP contribution >= 0.6 is 11.3 Å². The van der Waals surface area contributed by atoms with Crippen LogP contribution in [0.5, 0.6) is 11.5 Å². The van der Waals surface area contributed by atoms with Crippen LogP contribution in [0.25, 0.3) is 22.9 Å². The molecule has 0 aliphatic carbocycles. The standard InChI is InChI=1S/C19H14N4O4S/c1-26-17-8-13(16(23(24)25)9-18(17)27-2)7-14(10-20)19-22-15(11-28-19)12-3-5-21-6-4-12/h3-9,11H,1-2H3. The summed E-state index contributed by atoms with van der Waals surface area (Å²) >= 11 is 1.28. The van der Waals surface area contributed by atoms with Crippen molar-refractivity contribution in [1.82, 2.24) is 9.97 Å². The van der Waals surface area contributed by atoms with E-state index in [0.717, 1.165) is 5.56 Å². The number of allylic oxidation sites excluding steroid dienone is 1. The highest BCUT2D eigenvalue weighted by Gasteiger charge is 2.20. The molecule has 9 heteroatoms. The molecule has 0 fully saturated rings. The van der Waals surface area contributed by atoms with Gasteiger partial charge in [-0.3, -0.25) is 15.1 Å². The Morgan fingerprint density at radius 2 is 1.93 bits per heavy atom. The lowest BCUT2D eigenvalue weighted by molar-refractivity contribution is -0.385. The van der Waals surface area contributed by atoms with Crippen LogP contribution in [0.4, 0.5) is 5.69 Å². The minimum Gasteiger partial charge on any atom is -0.493 e. The van der Waals surface area contributed by atoms with Crippen molar-refractivity contribution in [2.24, 2.45) is 0 Å². The van der Waals surface area contributed by atoms with Gasteiger partial charge in [0, 0.05) is 23.3 Å². The number of thiazole rings is 1. The van der Waals surface area contributed by atoms with Gasteiger partial charge in [0.15, 0.2) is 11.5 Å². The second kappa shape index (κ2) is 8.28. The molecule has 0 aliphatic heterocycles. The molecule has 0 radical (unpaired) electrons. The van der Waals surface area contributed by atoms with Crippen molar-refractivity contribution < 1.29 is 14.4 Å². The number of benzene rings is 1. The number of nitro benzene ring substituents is 1. The van der Waals surface area contributed by atoms with Crippen LogP contribution in [0.15, 0.2) is 42.0 Å². The molecule has 1 aromatic carbocycles. The second-order valence-corrected chi connectivity index (χ2v) is 6.32. The Hall–Kier alpha value is -3.77. The highest BCUT2D eigenvalue weighted by atomic mass is 32.1. The molecule has 0 saturated heterocycles. The lowest BCUT2D eigenvalue weighted by Crippen LogP contribution is -1.97. The molecule has 3 aromatic rings. The molecule has 0 spiro atoms. The highest BCUT2D eigenvalue weighted by molar-refractivity contribution is 7.11. The largest absolute Gasteiger partial charge is 0.493 e. The second-order valence-electron chi connectivity index (χ2n) is 5.47. The van der Waals surface area contributed by atoms with Crippen LogP contribution in [-0.4, -0.2) is 29.1 Å². The van der Waals surface area contributed by atoms with E-state index in [1.165, 1.54) is 43.8 Å². The smallest absolute Gasteiger partial charge is 0.280 e. The first-order valence-corrected chi connectivity index (χ1v) is 8.83. The van der Waals surface area contributed by atoms with Crippen molar-refractivity contribution in [2.75, 3.05) is 14.2 Å². The quantitative estimate of drug-likeness (QED) is 0.350. The lowest BCUT2D eigenvalue weighted by Gasteiger charge is -2.09. The van der Waals surface area contributed by atoms with Crippen LogP contribution in [0.3, 0.4) is 0 Å². The van der Waals surface area contributed by atoms with Gasteiger partial charge in [0.25, 0.3) is 5.69 Å². The molecule has 3 rings (SSSR count). The zero-order chi connectivity index (χ0) is 20.1. The van der Waals surface area contributed by atoms with Gasteiger partial charge in [-0.25, -0.2) is 4.98 Å². The normalized spacial score (nSPS) is 11.0. The van der Waals surface area contributed by atoms with E-state index >= 15 is 0 Å². The van der Waals surface area contributed by atoms with Crippen LogP contribution in [0, 0.1) is 21.4 Å². The molecule has 0 N–H and O–H groups in total. The third-order valence-electron chi connectivity index (χ3n) is 3.86. The number of pyridine rings is 1. The van der Waals surface area contributed by atoms with Gasteiger partial charge in [-0.1, -0.05) is 0 Å². The van der Waals surface area contributed by atoms with Crippen LogP contribution < -0.4 is 9.47 Å². The molecule has 8 nitrogen and oxygen atoms in total. The van der Waals surface area contributed by atoms with Crippen LogP contribution in [0.2, 0.25) is 0 Å². The Morgan fingerprint density at radius 3 is 2.54 bits per heavy atom. The van der Waals surface area contributed by atoms with E-state index < -0.39 is 4.92 Å². The van der Waals surface area contributed by atoms with Gasteiger partial charge in [-0.2, -0.15) is 5.26 Å². The van der Waals surface area contributed by atoms with E-state index in [1.54, 1.807) is 12.4 Å². The molecular weight excluding hydrogens is 380 g/mol. The first kappa shape index (κ1) is 19.0. The maximum atomic E-state index is 11.5. The molecular formula is C19H14N4O4S. The van der Waals surface area contributed by atoms with Crippen molar-refractivity contribution in [3.63, 3.8) is 0 Å². The maximum absolute atomic E-state index is 11.5. The Balaban J connectivity index is 2.07. The first-order chi connectivity index (χ1) is 13.6. The molecule has 0 amide bonds. The average Bonchev–Trinajstić information content (AvgIpc) is 3.22. The van der Waals surface area contributed by atoms with Gasteiger partial charge in [-0.05, 0) is 24.3 Å². The Kier molecular flexibility index (Phi) is 5.62. The molecule has 0 bridgehead atoms. The summed E-state index contributed by atoms with van der Waals surface area (Å²) in [4.78, 5) is 19.4. The lowest BCUT2D eigenvalue weighted by atomic mass is 10.1. The Labute approximate surface area is 164 Å². The van der Waals surface area contributed by atoms with Gasteiger partial charge in [0.2, 0.25) is 0 Å². The van der Waals surface area contributed by atoms with Crippen molar-refractivity contribution in [3.8, 4) is 28.8 Å². The van der Waals surface area contributed by atoms with Gasteiger partial charge in [0.05, 0.1) is 42.0 Å². The summed E-state index contributed by atoms with van der Waals surface area (Å²) in [5, 5.41) is 23.3. The summed E-state index contributed by atoms with van der Waals surface area (Å²) in [5.74, 6) is 0.562. The summed E-state index contributed by atoms with van der Waals surface area (Å²) in [5.41, 5.74) is 1.80. The van der Waals surface area contributed by atoms with Gasteiger partial charge < -0.3 is 9.47 Å². The van der Waals surface area contributed by atoms with Crippen LogP contribution in [-0.2, 0) is 0 Å². The van der Waals surface area contributed by atoms with E-state index in [2.05, 4.69) is 16.0 Å². The topological polar surface area (TPSA) is 111 Å². The first-order valence-electron chi connectivity index (χ1n) is 7.96. The predicted molar refractivity (Wildman–Crippen MR) is 105 cm³/mol. The maximum Gasteiger partial charge on any atom is 0.280 e. The summed E-state index contributed by atoms with van der Waals surface area (Å²) in [7, 11) is 2.83. The van der Waals surface area contributed by atoms with Crippen LogP contribution in [0.1, 0.15) is 10.6 Å². The van der Waals surface area contributed by atoms with E-state index in [1.807, 2.05) is 17.5 Å². The van der Waals surface area contributed by atoms with Crippen molar-refractivity contribution in [3.05, 3.63) is 62.7 Å². The number of nitrogens with zero attached hydrogens (tertiary/aromatic N) is 4. The fourth-order valence-corrected chi connectivity index (χ4v) is 3.30. The van der Waals surface area contributed by atoms with E-state index in [9.17, 15) is 15.4 Å². The van der Waals surface area contributed by atoms with E-state index in [0.29, 0.717) is 16.5 Å². The van der Waals surface area contributed by atoms with Crippen molar-refractivity contribution in [2.45, 2.75) is 0 Å². The Bertz CT molecular complexity index is 1090. The molecule has 2 aromatic heterocycles. The van der Waals surface area contributed by atoms with Gasteiger partial charge in [0.1, 0.15) is 11.1 Å². The number of methoxy groups -OCH3 is 2. The number of nitro groups is 1. The molecule has 0 atom stereocenters. The SMILES string of the molecule is COc1cc(C=C(C#N)c2nc(-c3ccncc3)cs2)c([N+](=O)[O-])cc1OC. The zero-order valence-electron chi connectivity index (χ0n) is 14.9. The molecule has 140 valence electrons. The van der Waals surface area contributed by atoms with E-state index in [-0.39, 0.29) is 22.6 Å². The number of hydrogen-bond donors (Lipinski definition) is 0. The summed E-state index contributed by atoms with van der Waals surface area (Å²) in [6.45, 7) is 0. The summed E-state index contributed by atoms with van der Waals surface area (Å²) in [6, 6.07) is 8.42. The average molecular weight is 394 g/mol. The fraction of sp³-hybridized carbons (Fsp3) is 0.105. The minimum absolute atomic E-state index is 0.198. The molecule has 0 saturated carbocycles. The molecule has 0 aliphatic rings. The third kappa shape index (κ3) is 3.82. The fourth-order valence-electron chi connectivity index (χ4n) is 2.51. The summed E-state index contributed by atoms with van der Waals surface area (Å²) < 4.78 is 10.3. The summed E-state index contributed by atoms with van der Waals surface area (Å²) in [6.07, 6.45) is 4.74. The van der Waals surface area contributed by atoms with Gasteiger partial charge in [-0.15, -0.1) is 11.3 Å². The highest BCUT2D eigenvalue weighted by Crippen LogP contribution is 2.36. The Morgan fingerprint density at radius 1 is 1.25 bits per heavy atom. The van der Waals surface area contributed by atoms with E-state index in [4.69, 9.17) is 9.47 Å².